The van der Waals surface area contributed by atoms with E-state index in [4.69, 9.17) is 0 Å². The molecular formula is C9H9FN2. The van der Waals surface area contributed by atoms with Crippen molar-refractivity contribution >= 4 is 17.6 Å². The molecule has 0 bridgehead atoms. The summed E-state index contributed by atoms with van der Waals surface area (Å²) in [6, 6.07) is 5.38. The summed E-state index contributed by atoms with van der Waals surface area (Å²) in [6.07, 6.45) is 1.80. The van der Waals surface area contributed by atoms with E-state index in [1.54, 1.807) is 18.3 Å². The standard InChI is InChI=1S/C9H9FN2/c10-6-7-1-2-8-9(5-7)12-4-3-11-8/h1-3,5,12H,4,6H2. The van der Waals surface area contributed by atoms with Gasteiger partial charge >= 0.3 is 0 Å². The van der Waals surface area contributed by atoms with Gasteiger partial charge in [-0.2, -0.15) is 0 Å². The number of hydrogen-bond donors (Lipinski definition) is 1. The number of alkyl halides is 1. The van der Waals surface area contributed by atoms with Crippen LogP contribution >= 0.6 is 0 Å². The predicted octanol–water partition coefficient (Wildman–Crippen LogP) is 2.28. The molecule has 1 aliphatic rings. The summed E-state index contributed by atoms with van der Waals surface area (Å²) in [6.45, 7) is 0.307. The average molecular weight is 164 g/mol. The number of halogens is 1. The first-order valence-electron chi connectivity index (χ1n) is 3.85. The zero-order valence-corrected chi connectivity index (χ0v) is 6.55. The molecule has 0 atom stereocenters. The van der Waals surface area contributed by atoms with Crippen molar-refractivity contribution in [3.8, 4) is 0 Å². The highest BCUT2D eigenvalue weighted by atomic mass is 19.1. The Morgan fingerprint density at radius 1 is 1.50 bits per heavy atom. The average Bonchev–Trinajstić information content (AvgIpc) is 2.17. The van der Waals surface area contributed by atoms with Gasteiger partial charge in [-0.3, -0.25) is 4.99 Å². The lowest BCUT2D eigenvalue weighted by Crippen LogP contribution is -2.06. The molecule has 3 heteroatoms. The summed E-state index contributed by atoms with van der Waals surface area (Å²) in [4.78, 5) is 4.16. The third-order valence-corrected chi connectivity index (χ3v) is 1.83. The van der Waals surface area contributed by atoms with Crippen molar-refractivity contribution in [3.05, 3.63) is 23.8 Å². The highest BCUT2D eigenvalue weighted by Crippen LogP contribution is 2.27. The van der Waals surface area contributed by atoms with Crippen LogP contribution in [0.25, 0.3) is 0 Å². The van der Waals surface area contributed by atoms with Gasteiger partial charge in [0.1, 0.15) is 6.67 Å². The monoisotopic (exact) mass is 164 g/mol. The molecule has 0 aromatic heterocycles. The van der Waals surface area contributed by atoms with Crippen LogP contribution < -0.4 is 5.32 Å². The quantitative estimate of drug-likeness (QED) is 0.676. The molecular weight excluding hydrogens is 155 g/mol. The van der Waals surface area contributed by atoms with Crippen LogP contribution in [0.2, 0.25) is 0 Å². The lowest BCUT2D eigenvalue weighted by atomic mass is 10.1. The van der Waals surface area contributed by atoms with Gasteiger partial charge in [-0.15, -0.1) is 0 Å². The molecule has 0 amide bonds. The van der Waals surface area contributed by atoms with Crippen LogP contribution in [0.5, 0.6) is 0 Å². The molecule has 62 valence electrons. The van der Waals surface area contributed by atoms with E-state index in [2.05, 4.69) is 10.3 Å². The van der Waals surface area contributed by atoms with Gasteiger partial charge in [0.2, 0.25) is 0 Å². The topological polar surface area (TPSA) is 24.4 Å². The normalized spacial score (nSPS) is 13.8. The summed E-state index contributed by atoms with van der Waals surface area (Å²) >= 11 is 0. The number of hydrogen-bond acceptors (Lipinski definition) is 2. The van der Waals surface area contributed by atoms with Crippen LogP contribution in [0.15, 0.2) is 23.2 Å². The summed E-state index contributed by atoms with van der Waals surface area (Å²) in [5.41, 5.74) is 2.50. The number of nitrogens with zero attached hydrogens (tertiary/aromatic N) is 1. The van der Waals surface area contributed by atoms with Crippen molar-refractivity contribution in [2.75, 3.05) is 11.9 Å². The fraction of sp³-hybridized carbons (Fsp3) is 0.222. The highest BCUT2D eigenvalue weighted by Gasteiger charge is 2.04. The molecule has 0 saturated heterocycles. The molecule has 12 heavy (non-hydrogen) atoms. The third kappa shape index (κ3) is 1.18. The van der Waals surface area contributed by atoms with E-state index in [0.717, 1.165) is 17.9 Å². The Morgan fingerprint density at radius 3 is 3.25 bits per heavy atom. The first-order valence-corrected chi connectivity index (χ1v) is 3.85. The second kappa shape index (κ2) is 2.93. The van der Waals surface area contributed by atoms with Crippen LogP contribution in [0.4, 0.5) is 15.8 Å². The van der Waals surface area contributed by atoms with E-state index in [-0.39, 0.29) is 0 Å². The van der Waals surface area contributed by atoms with E-state index >= 15 is 0 Å². The predicted molar refractivity (Wildman–Crippen MR) is 47.9 cm³/mol. The Morgan fingerprint density at radius 2 is 2.42 bits per heavy atom. The molecule has 1 aromatic carbocycles. The van der Waals surface area contributed by atoms with E-state index in [0.29, 0.717) is 5.56 Å². The van der Waals surface area contributed by atoms with Gasteiger partial charge in [-0.05, 0) is 17.7 Å². The van der Waals surface area contributed by atoms with E-state index in [1.165, 1.54) is 0 Å². The number of nitrogens with one attached hydrogen (secondary N) is 1. The lowest BCUT2D eigenvalue weighted by molar-refractivity contribution is 0.485. The zero-order valence-electron chi connectivity index (χ0n) is 6.55. The summed E-state index contributed by atoms with van der Waals surface area (Å²) in [7, 11) is 0. The minimum Gasteiger partial charge on any atom is -0.378 e. The molecule has 0 aliphatic carbocycles. The fourth-order valence-electron chi connectivity index (χ4n) is 1.22. The highest BCUT2D eigenvalue weighted by molar-refractivity contribution is 5.80. The molecule has 0 radical (unpaired) electrons. The Labute approximate surface area is 70.1 Å². The molecule has 2 nitrogen and oxygen atoms in total. The molecule has 0 fully saturated rings. The maximum atomic E-state index is 12.2. The first-order chi connectivity index (χ1) is 5.90. The van der Waals surface area contributed by atoms with Crippen molar-refractivity contribution in [2.24, 2.45) is 4.99 Å². The number of rotatable bonds is 1. The van der Waals surface area contributed by atoms with Crippen LogP contribution in [0.1, 0.15) is 5.56 Å². The Hall–Kier alpha value is -1.38. The smallest absolute Gasteiger partial charge is 0.115 e. The van der Waals surface area contributed by atoms with Gasteiger partial charge in [-0.1, -0.05) is 6.07 Å². The summed E-state index contributed by atoms with van der Waals surface area (Å²) < 4.78 is 12.2. The van der Waals surface area contributed by atoms with Crippen molar-refractivity contribution < 1.29 is 4.39 Å². The minimum atomic E-state index is -0.418. The Bertz CT molecular complexity index is 320. The molecule has 1 aliphatic heterocycles. The van der Waals surface area contributed by atoms with Crippen molar-refractivity contribution in [3.63, 3.8) is 0 Å². The van der Waals surface area contributed by atoms with Gasteiger partial charge in [0.15, 0.2) is 0 Å². The summed E-state index contributed by atoms with van der Waals surface area (Å²) in [5, 5.41) is 3.12. The van der Waals surface area contributed by atoms with Crippen LogP contribution in [0.3, 0.4) is 0 Å². The van der Waals surface area contributed by atoms with Gasteiger partial charge < -0.3 is 5.32 Å². The van der Waals surface area contributed by atoms with Gasteiger partial charge in [0, 0.05) is 6.21 Å². The second-order valence-corrected chi connectivity index (χ2v) is 2.68. The lowest BCUT2D eigenvalue weighted by Gasteiger charge is -2.12. The number of fused-ring (bicyclic) bond motifs is 1. The molecule has 0 saturated carbocycles. The first kappa shape index (κ1) is 7.28. The number of anilines is 1. The number of benzene rings is 1. The molecule has 1 heterocycles. The van der Waals surface area contributed by atoms with Crippen LogP contribution in [0, 0.1) is 0 Å². The third-order valence-electron chi connectivity index (χ3n) is 1.83. The molecule has 0 spiro atoms. The Balaban J connectivity index is 2.44. The molecule has 0 unspecified atom stereocenters. The largest absolute Gasteiger partial charge is 0.378 e. The van der Waals surface area contributed by atoms with E-state index in [1.807, 2.05) is 6.07 Å². The van der Waals surface area contributed by atoms with Crippen molar-refractivity contribution in [1.29, 1.82) is 0 Å². The van der Waals surface area contributed by atoms with Gasteiger partial charge in [0.05, 0.1) is 17.9 Å². The SMILES string of the molecule is FCc1ccc2c(c1)NCC=N2. The maximum absolute atomic E-state index is 12.2. The second-order valence-electron chi connectivity index (χ2n) is 2.68. The van der Waals surface area contributed by atoms with E-state index in [9.17, 15) is 4.39 Å². The van der Waals surface area contributed by atoms with Gasteiger partial charge in [-0.25, -0.2) is 4.39 Å². The number of aliphatic imine (C=N–C) groups is 1. The molecule has 1 aromatic rings. The van der Waals surface area contributed by atoms with E-state index < -0.39 is 6.67 Å². The van der Waals surface area contributed by atoms with Crippen molar-refractivity contribution in [1.82, 2.24) is 0 Å². The van der Waals surface area contributed by atoms with Crippen LogP contribution in [-0.2, 0) is 6.67 Å². The maximum Gasteiger partial charge on any atom is 0.115 e. The molecule has 1 N–H and O–H groups in total. The Kier molecular flexibility index (Phi) is 1.78. The fourth-order valence-corrected chi connectivity index (χ4v) is 1.22. The van der Waals surface area contributed by atoms with Gasteiger partial charge in [0.25, 0.3) is 0 Å². The summed E-state index contributed by atoms with van der Waals surface area (Å²) in [5.74, 6) is 0. The molecule has 2 rings (SSSR count). The van der Waals surface area contributed by atoms with Crippen molar-refractivity contribution in [2.45, 2.75) is 6.67 Å². The minimum absolute atomic E-state index is 0.418. The zero-order chi connectivity index (χ0) is 8.39. The van der Waals surface area contributed by atoms with Crippen LogP contribution in [-0.4, -0.2) is 12.8 Å².